The molecule has 0 N–H and O–H groups in total. The molecule has 1 unspecified atom stereocenters. The minimum Gasteiger partial charge on any atom is -0.342 e. The number of thioether (sulfide) groups is 1. The highest BCUT2D eigenvalue weighted by molar-refractivity contribution is 7.99. The number of hydrogen-bond acceptors (Lipinski definition) is 2. The van der Waals surface area contributed by atoms with Crippen LogP contribution in [-0.4, -0.2) is 29.6 Å². The van der Waals surface area contributed by atoms with Gasteiger partial charge in [0.15, 0.2) is 0 Å². The van der Waals surface area contributed by atoms with E-state index in [1.54, 1.807) is 12.1 Å². The lowest BCUT2D eigenvalue weighted by Crippen LogP contribution is -2.34. The van der Waals surface area contributed by atoms with Crippen molar-refractivity contribution in [3.05, 3.63) is 71.5 Å². The average Bonchev–Trinajstić information content (AvgIpc) is 2.84. The molecule has 4 heteroatoms. The molecule has 2 nitrogen and oxygen atoms in total. The minimum absolute atomic E-state index is 0.130. The Labute approximate surface area is 140 Å². The molecule has 23 heavy (non-hydrogen) atoms. The van der Waals surface area contributed by atoms with E-state index in [1.807, 2.05) is 22.7 Å². The van der Waals surface area contributed by atoms with Crippen LogP contribution in [0.5, 0.6) is 0 Å². The molecule has 0 bridgehead atoms. The molecule has 0 saturated carbocycles. The van der Waals surface area contributed by atoms with Crippen LogP contribution < -0.4 is 0 Å². The number of halogens is 1. The van der Waals surface area contributed by atoms with E-state index in [0.717, 1.165) is 30.8 Å². The third-order valence-corrected chi connectivity index (χ3v) is 5.46. The highest BCUT2D eigenvalue weighted by Gasteiger charge is 2.21. The quantitative estimate of drug-likeness (QED) is 0.846. The van der Waals surface area contributed by atoms with Crippen LogP contribution in [0.15, 0.2) is 54.6 Å². The van der Waals surface area contributed by atoms with Crippen molar-refractivity contribution in [3.8, 4) is 0 Å². The van der Waals surface area contributed by atoms with E-state index >= 15 is 0 Å². The summed E-state index contributed by atoms with van der Waals surface area (Å²) in [6, 6.07) is 16.7. The standard InChI is InChI=1S/C19H20FNOS/c20-17-8-6-15(7-9-17)14-19(22)21-11-10-18(23-13-12-21)16-4-2-1-3-5-16/h1-9,18H,10-14H2. The van der Waals surface area contributed by atoms with E-state index in [0.29, 0.717) is 11.7 Å². The Morgan fingerprint density at radius 1 is 1.09 bits per heavy atom. The molecule has 1 atom stereocenters. The van der Waals surface area contributed by atoms with Crippen molar-refractivity contribution >= 4 is 17.7 Å². The van der Waals surface area contributed by atoms with Gasteiger partial charge in [-0.15, -0.1) is 0 Å². The van der Waals surface area contributed by atoms with Gasteiger partial charge in [0.2, 0.25) is 5.91 Å². The maximum Gasteiger partial charge on any atom is 0.227 e. The summed E-state index contributed by atoms with van der Waals surface area (Å²) >= 11 is 1.92. The van der Waals surface area contributed by atoms with Gasteiger partial charge in [-0.3, -0.25) is 4.79 Å². The lowest BCUT2D eigenvalue weighted by Gasteiger charge is -2.20. The first-order chi connectivity index (χ1) is 11.2. The number of benzene rings is 2. The largest absolute Gasteiger partial charge is 0.342 e. The third kappa shape index (κ3) is 4.35. The molecule has 1 saturated heterocycles. The average molecular weight is 329 g/mol. The van der Waals surface area contributed by atoms with E-state index in [9.17, 15) is 9.18 Å². The van der Waals surface area contributed by atoms with Crippen molar-refractivity contribution in [2.24, 2.45) is 0 Å². The number of amides is 1. The fourth-order valence-electron chi connectivity index (χ4n) is 2.84. The van der Waals surface area contributed by atoms with Crippen LogP contribution in [0.3, 0.4) is 0 Å². The second kappa shape index (κ2) is 7.64. The topological polar surface area (TPSA) is 20.3 Å². The fraction of sp³-hybridized carbons (Fsp3) is 0.316. The SMILES string of the molecule is O=C(Cc1ccc(F)cc1)N1CCSC(c2ccccc2)CC1. The van der Waals surface area contributed by atoms with Gasteiger partial charge in [0.1, 0.15) is 5.82 Å². The Morgan fingerprint density at radius 3 is 2.57 bits per heavy atom. The van der Waals surface area contributed by atoms with Gasteiger partial charge in [-0.1, -0.05) is 42.5 Å². The number of carbonyl (C=O) groups excluding carboxylic acids is 1. The highest BCUT2D eigenvalue weighted by Crippen LogP contribution is 2.34. The van der Waals surface area contributed by atoms with Crippen LogP contribution in [0.4, 0.5) is 4.39 Å². The summed E-state index contributed by atoms with van der Waals surface area (Å²) in [5, 5.41) is 0.458. The molecule has 2 aromatic carbocycles. The lowest BCUT2D eigenvalue weighted by atomic mass is 10.1. The van der Waals surface area contributed by atoms with Gasteiger partial charge in [0.25, 0.3) is 0 Å². The molecule has 0 radical (unpaired) electrons. The fourth-order valence-corrected chi connectivity index (χ4v) is 4.07. The van der Waals surface area contributed by atoms with Crippen molar-refractivity contribution in [2.45, 2.75) is 18.1 Å². The molecular formula is C19H20FNOS. The Balaban J connectivity index is 1.59. The first kappa shape index (κ1) is 16.1. The van der Waals surface area contributed by atoms with E-state index in [4.69, 9.17) is 0 Å². The van der Waals surface area contributed by atoms with Gasteiger partial charge in [-0.2, -0.15) is 11.8 Å². The Kier molecular flexibility index (Phi) is 5.34. The van der Waals surface area contributed by atoms with Crippen LogP contribution in [-0.2, 0) is 11.2 Å². The van der Waals surface area contributed by atoms with E-state index in [-0.39, 0.29) is 11.7 Å². The third-order valence-electron chi connectivity index (χ3n) is 4.13. The van der Waals surface area contributed by atoms with Gasteiger partial charge in [-0.05, 0) is 29.7 Å². The van der Waals surface area contributed by atoms with Crippen LogP contribution in [0, 0.1) is 5.82 Å². The van der Waals surface area contributed by atoms with Crippen LogP contribution in [0.2, 0.25) is 0 Å². The molecule has 0 spiro atoms. The van der Waals surface area contributed by atoms with E-state index in [1.165, 1.54) is 17.7 Å². The van der Waals surface area contributed by atoms with E-state index < -0.39 is 0 Å². The van der Waals surface area contributed by atoms with E-state index in [2.05, 4.69) is 24.3 Å². The molecule has 1 aliphatic heterocycles. The maximum absolute atomic E-state index is 12.9. The second-order valence-electron chi connectivity index (χ2n) is 5.74. The van der Waals surface area contributed by atoms with Crippen molar-refractivity contribution in [1.29, 1.82) is 0 Å². The number of nitrogens with zero attached hydrogens (tertiary/aromatic N) is 1. The molecule has 0 aromatic heterocycles. The summed E-state index contributed by atoms with van der Waals surface area (Å²) in [6.45, 7) is 1.57. The smallest absolute Gasteiger partial charge is 0.227 e. The summed E-state index contributed by atoms with van der Waals surface area (Å²) in [6.07, 6.45) is 1.32. The van der Waals surface area contributed by atoms with Crippen LogP contribution in [0.25, 0.3) is 0 Å². The maximum atomic E-state index is 12.9. The monoisotopic (exact) mass is 329 g/mol. The molecule has 1 heterocycles. The molecule has 1 fully saturated rings. The molecular weight excluding hydrogens is 309 g/mol. The molecule has 120 valence electrons. The van der Waals surface area contributed by atoms with Crippen molar-refractivity contribution in [3.63, 3.8) is 0 Å². The molecule has 1 amide bonds. The summed E-state index contributed by atoms with van der Waals surface area (Å²) < 4.78 is 12.9. The summed E-state index contributed by atoms with van der Waals surface area (Å²) in [5.74, 6) is 0.818. The van der Waals surface area contributed by atoms with Crippen molar-refractivity contribution < 1.29 is 9.18 Å². The van der Waals surface area contributed by atoms with Gasteiger partial charge in [0.05, 0.1) is 6.42 Å². The first-order valence-electron chi connectivity index (χ1n) is 7.91. The molecule has 2 aromatic rings. The van der Waals surface area contributed by atoms with Gasteiger partial charge in [-0.25, -0.2) is 4.39 Å². The number of hydrogen-bond donors (Lipinski definition) is 0. The van der Waals surface area contributed by atoms with Crippen molar-refractivity contribution in [2.75, 3.05) is 18.8 Å². The lowest BCUT2D eigenvalue weighted by molar-refractivity contribution is -0.130. The summed E-state index contributed by atoms with van der Waals surface area (Å²) in [7, 11) is 0. The summed E-state index contributed by atoms with van der Waals surface area (Å²) in [5.41, 5.74) is 2.21. The van der Waals surface area contributed by atoms with Crippen LogP contribution >= 0.6 is 11.8 Å². The molecule has 3 rings (SSSR count). The normalized spacial score (nSPS) is 18.5. The number of rotatable bonds is 3. The molecule has 0 aliphatic carbocycles. The number of carbonyl (C=O) groups is 1. The zero-order valence-electron chi connectivity index (χ0n) is 13.0. The van der Waals surface area contributed by atoms with Gasteiger partial charge in [0, 0.05) is 24.1 Å². The first-order valence-corrected chi connectivity index (χ1v) is 8.96. The zero-order chi connectivity index (χ0) is 16.1. The predicted molar refractivity (Wildman–Crippen MR) is 92.9 cm³/mol. The van der Waals surface area contributed by atoms with Crippen LogP contribution in [0.1, 0.15) is 22.8 Å². The van der Waals surface area contributed by atoms with Gasteiger partial charge >= 0.3 is 0 Å². The zero-order valence-corrected chi connectivity index (χ0v) is 13.8. The highest BCUT2D eigenvalue weighted by atomic mass is 32.2. The van der Waals surface area contributed by atoms with Crippen molar-refractivity contribution in [1.82, 2.24) is 4.90 Å². The molecule has 1 aliphatic rings. The Bertz CT molecular complexity index is 644. The predicted octanol–water partition coefficient (Wildman–Crippen LogP) is 4.08. The van der Waals surface area contributed by atoms with Gasteiger partial charge < -0.3 is 4.90 Å². The second-order valence-corrected chi connectivity index (χ2v) is 7.05. The summed E-state index contributed by atoms with van der Waals surface area (Å²) in [4.78, 5) is 14.4. The Hall–Kier alpha value is -1.81. The Morgan fingerprint density at radius 2 is 1.83 bits per heavy atom. The minimum atomic E-state index is -0.266.